The predicted molar refractivity (Wildman–Crippen MR) is 146 cm³/mol. The van der Waals surface area contributed by atoms with E-state index in [-0.39, 0.29) is 17.8 Å². The van der Waals surface area contributed by atoms with E-state index in [1.54, 1.807) is 11.0 Å². The second-order valence-electron chi connectivity index (χ2n) is 10.3. The fourth-order valence-electron chi connectivity index (χ4n) is 4.89. The number of nitrogens with one attached hydrogen (secondary N) is 1. The maximum atomic E-state index is 12.7. The molecule has 1 atom stereocenters. The summed E-state index contributed by atoms with van der Waals surface area (Å²) < 4.78 is 5.59. The number of nitrogens with zero attached hydrogens (tertiary/aromatic N) is 1. The highest BCUT2D eigenvalue weighted by Crippen LogP contribution is 2.44. The van der Waals surface area contributed by atoms with E-state index in [1.807, 2.05) is 90.1 Å². The van der Waals surface area contributed by atoms with Gasteiger partial charge in [-0.15, -0.1) is 0 Å². The summed E-state index contributed by atoms with van der Waals surface area (Å²) in [4.78, 5) is 27.2. The van der Waals surface area contributed by atoms with E-state index in [4.69, 9.17) is 10.5 Å². The minimum absolute atomic E-state index is 0.120. The molecule has 3 N–H and O–H groups in total. The van der Waals surface area contributed by atoms with Crippen molar-refractivity contribution in [2.45, 2.75) is 59.6 Å². The lowest BCUT2D eigenvalue weighted by molar-refractivity contribution is -0.118. The van der Waals surface area contributed by atoms with Gasteiger partial charge >= 0.3 is 5.97 Å². The molecule has 3 aromatic carbocycles. The highest BCUT2D eigenvalue weighted by atomic mass is 16.6. The number of esters is 1. The van der Waals surface area contributed by atoms with E-state index in [0.717, 1.165) is 39.2 Å². The molecule has 0 fully saturated rings. The van der Waals surface area contributed by atoms with E-state index in [2.05, 4.69) is 5.32 Å². The zero-order valence-electron chi connectivity index (χ0n) is 21.9. The van der Waals surface area contributed by atoms with Crippen molar-refractivity contribution in [2.24, 2.45) is 0 Å². The van der Waals surface area contributed by atoms with Gasteiger partial charge in [0.15, 0.2) is 0 Å². The normalized spacial score (nSPS) is 15.1. The summed E-state index contributed by atoms with van der Waals surface area (Å²) in [5, 5.41) is 3.48. The van der Waals surface area contributed by atoms with Crippen LogP contribution in [0.5, 0.6) is 0 Å². The van der Waals surface area contributed by atoms with Gasteiger partial charge in [-0.2, -0.15) is 0 Å². The Balaban J connectivity index is 1.54. The standard InChI is InChI=1S/C30H35N3O3/c1-7-33-25-16-24(31)27(18(2)26(25)19(3)28(33)34)32-17-20-12-14-21(15-13-20)22-10-8-9-11-23(22)29(35)36-30(4,5)6/h8-16,19,32H,7,17,31H2,1-6H3. The van der Waals surface area contributed by atoms with Crippen LogP contribution >= 0.6 is 0 Å². The molecule has 6 nitrogen and oxygen atoms in total. The molecule has 0 saturated heterocycles. The Kier molecular flexibility index (Phi) is 6.81. The third-order valence-electron chi connectivity index (χ3n) is 6.59. The third kappa shape index (κ3) is 4.81. The monoisotopic (exact) mass is 485 g/mol. The average Bonchev–Trinajstić information content (AvgIpc) is 3.07. The third-order valence-corrected chi connectivity index (χ3v) is 6.59. The molecule has 1 amide bonds. The van der Waals surface area contributed by atoms with Crippen LogP contribution in [0.25, 0.3) is 11.1 Å². The van der Waals surface area contributed by atoms with E-state index >= 15 is 0 Å². The fraction of sp³-hybridized carbons (Fsp3) is 0.333. The van der Waals surface area contributed by atoms with Gasteiger partial charge in [0.05, 0.1) is 28.5 Å². The van der Waals surface area contributed by atoms with Crippen molar-refractivity contribution in [1.82, 2.24) is 0 Å². The topological polar surface area (TPSA) is 84.7 Å². The van der Waals surface area contributed by atoms with Crippen LogP contribution in [0.3, 0.4) is 0 Å². The van der Waals surface area contributed by atoms with Crippen molar-refractivity contribution < 1.29 is 14.3 Å². The molecule has 0 spiro atoms. The molecule has 0 aromatic heterocycles. The minimum atomic E-state index is -0.558. The Hall–Kier alpha value is -3.80. The second kappa shape index (κ2) is 9.69. The number of anilines is 3. The quantitative estimate of drug-likeness (QED) is 0.317. The molecule has 3 aromatic rings. The van der Waals surface area contributed by atoms with Crippen LogP contribution in [0.2, 0.25) is 0 Å². The Morgan fingerprint density at radius 2 is 1.78 bits per heavy atom. The molecule has 36 heavy (non-hydrogen) atoms. The van der Waals surface area contributed by atoms with Crippen LogP contribution in [0.15, 0.2) is 54.6 Å². The summed E-state index contributed by atoms with van der Waals surface area (Å²) in [6.45, 7) is 12.8. The Morgan fingerprint density at radius 3 is 2.42 bits per heavy atom. The minimum Gasteiger partial charge on any atom is -0.456 e. The van der Waals surface area contributed by atoms with Gasteiger partial charge in [-0.25, -0.2) is 4.79 Å². The number of hydrogen-bond acceptors (Lipinski definition) is 5. The summed E-state index contributed by atoms with van der Waals surface area (Å²) in [5.74, 6) is -0.388. The number of carbonyl (C=O) groups is 2. The first-order valence-electron chi connectivity index (χ1n) is 12.4. The van der Waals surface area contributed by atoms with Crippen molar-refractivity contribution in [2.75, 3.05) is 22.5 Å². The van der Waals surface area contributed by atoms with Gasteiger partial charge in [-0.3, -0.25) is 4.79 Å². The Morgan fingerprint density at radius 1 is 1.11 bits per heavy atom. The van der Waals surface area contributed by atoms with E-state index < -0.39 is 5.60 Å². The molecular formula is C30H35N3O3. The number of likely N-dealkylation sites (N-methyl/N-ethyl adjacent to an activating group) is 1. The highest BCUT2D eigenvalue weighted by molar-refractivity contribution is 6.07. The van der Waals surface area contributed by atoms with Crippen LogP contribution in [-0.4, -0.2) is 24.0 Å². The van der Waals surface area contributed by atoms with Gasteiger partial charge in [0.2, 0.25) is 5.91 Å². The zero-order chi connectivity index (χ0) is 26.2. The number of ether oxygens (including phenoxy) is 1. The maximum Gasteiger partial charge on any atom is 0.339 e. The molecule has 0 saturated carbocycles. The van der Waals surface area contributed by atoms with Gasteiger partial charge in [0.25, 0.3) is 0 Å². The van der Waals surface area contributed by atoms with Gasteiger partial charge < -0.3 is 20.7 Å². The number of rotatable bonds is 6. The van der Waals surface area contributed by atoms with Crippen molar-refractivity contribution in [3.63, 3.8) is 0 Å². The predicted octanol–water partition coefficient (Wildman–Crippen LogP) is 6.28. The summed E-state index contributed by atoms with van der Waals surface area (Å²) >= 11 is 0. The van der Waals surface area contributed by atoms with Gasteiger partial charge in [0, 0.05) is 13.1 Å². The summed E-state index contributed by atoms with van der Waals surface area (Å²) in [7, 11) is 0. The smallest absolute Gasteiger partial charge is 0.339 e. The molecule has 0 bridgehead atoms. The second-order valence-corrected chi connectivity index (χ2v) is 10.3. The first-order valence-corrected chi connectivity index (χ1v) is 12.4. The van der Waals surface area contributed by atoms with E-state index in [9.17, 15) is 9.59 Å². The molecule has 4 rings (SSSR count). The molecule has 1 aliphatic rings. The number of nitrogen functional groups attached to an aromatic ring is 1. The van der Waals surface area contributed by atoms with Crippen LogP contribution in [0.4, 0.5) is 17.1 Å². The van der Waals surface area contributed by atoms with Crippen molar-refractivity contribution in [1.29, 1.82) is 0 Å². The molecule has 1 aliphatic heterocycles. The van der Waals surface area contributed by atoms with E-state index in [0.29, 0.717) is 24.3 Å². The van der Waals surface area contributed by atoms with Crippen molar-refractivity contribution in [3.05, 3.63) is 76.9 Å². The first-order chi connectivity index (χ1) is 17.0. The van der Waals surface area contributed by atoms with Crippen molar-refractivity contribution in [3.8, 4) is 11.1 Å². The number of carbonyl (C=O) groups excluding carboxylic acids is 2. The van der Waals surface area contributed by atoms with Gasteiger partial charge in [0.1, 0.15) is 5.60 Å². The van der Waals surface area contributed by atoms with Crippen molar-refractivity contribution >= 4 is 28.9 Å². The number of amides is 1. The lowest BCUT2D eigenvalue weighted by atomic mass is 9.95. The average molecular weight is 486 g/mol. The number of hydrogen-bond donors (Lipinski definition) is 2. The summed E-state index contributed by atoms with van der Waals surface area (Å²) in [6.07, 6.45) is 0. The molecular weight excluding hydrogens is 450 g/mol. The van der Waals surface area contributed by atoms with Gasteiger partial charge in [-0.05, 0) is 81.5 Å². The highest BCUT2D eigenvalue weighted by Gasteiger charge is 2.36. The van der Waals surface area contributed by atoms with Gasteiger partial charge in [-0.1, -0.05) is 42.5 Å². The molecule has 6 heteroatoms. The fourth-order valence-corrected chi connectivity index (χ4v) is 4.89. The number of benzene rings is 3. The number of nitrogens with two attached hydrogens (primary N) is 1. The lowest BCUT2D eigenvalue weighted by Gasteiger charge is -2.20. The Labute approximate surface area is 213 Å². The lowest BCUT2D eigenvalue weighted by Crippen LogP contribution is -2.27. The number of fused-ring (bicyclic) bond motifs is 1. The molecule has 0 aliphatic carbocycles. The van der Waals surface area contributed by atoms with Crippen LogP contribution < -0.4 is 16.0 Å². The molecule has 188 valence electrons. The Bertz CT molecular complexity index is 1310. The maximum absolute atomic E-state index is 12.7. The van der Waals surface area contributed by atoms with Crippen LogP contribution in [-0.2, 0) is 16.1 Å². The zero-order valence-corrected chi connectivity index (χ0v) is 21.9. The van der Waals surface area contributed by atoms with E-state index in [1.165, 1.54) is 0 Å². The van der Waals surface area contributed by atoms with Crippen LogP contribution in [0.1, 0.15) is 67.6 Å². The first kappa shape index (κ1) is 25.3. The molecule has 1 heterocycles. The summed E-state index contributed by atoms with van der Waals surface area (Å²) in [5.41, 5.74) is 13.7. The molecule has 0 radical (unpaired) electrons. The SMILES string of the molecule is CCN1C(=O)C(C)c2c1cc(N)c(NCc1ccc(-c3ccccc3C(=O)OC(C)(C)C)cc1)c2C. The summed E-state index contributed by atoms with van der Waals surface area (Å²) in [6, 6.07) is 17.5. The van der Waals surface area contributed by atoms with Crippen LogP contribution in [0, 0.1) is 6.92 Å². The molecule has 1 unspecified atom stereocenters. The largest absolute Gasteiger partial charge is 0.456 e.